The fourth-order valence-corrected chi connectivity index (χ4v) is 4.93. The molecule has 0 fully saturated rings. The van der Waals surface area contributed by atoms with Crippen LogP contribution in [-0.4, -0.2) is 15.0 Å². The molecule has 1 aliphatic carbocycles. The van der Waals surface area contributed by atoms with Gasteiger partial charge in [0.2, 0.25) is 5.88 Å². The highest BCUT2D eigenvalue weighted by Crippen LogP contribution is 2.41. The minimum absolute atomic E-state index is 0.648. The van der Waals surface area contributed by atoms with Gasteiger partial charge in [-0.25, -0.2) is 9.97 Å². The summed E-state index contributed by atoms with van der Waals surface area (Å²) in [4.78, 5) is 15.9. The van der Waals surface area contributed by atoms with Crippen LogP contribution in [0.1, 0.15) is 23.8 Å². The lowest BCUT2D eigenvalue weighted by Crippen LogP contribution is -2.08. The number of rotatable bonds is 2. The van der Waals surface area contributed by atoms with Crippen molar-refractivity contribution in [3.63, 3.8) is 0 Å². The Kier molecular flexibility index (Phi) is 3.41. The van der Waals surface area contributed by atoms with E-state index < -0.39 is 0 Å². The van der Waals surface area contributed by atoms with Crippen molar-refractivity contribution in [3.05, 3.63) is 53.3 Å². The minimum atomic E-state index is 0.648. The smallest absolute Gasteiger partial charge is 0.231 e. The maximum absolute atomic E-state index is 6.25. The van der Waals surface area contributed by atoms with Gasteiger partial charge in [0.15, 0.2) is 5.75 Å². The summed E-state index contributed by atoms with van der Waals surface area (Å²) in [6.07, 6.45) is 6.81. The monoisotopic (exact) mass is 347 g/mol. The molecule has 0 radical (unpaired) electrons. The van der Waals surface area contributed by atoms with Gasteiger partial charge in [0.25, 0.3) is 0 Å². The number of pyridine rings is 1. The van der Waals surface area contributed by atoms with Gasteiger partial charge in [-0.15, -0.1) is 11.3 Å². The van der Waals surface area contributed by atoms with Gasteiger partial charge in [-0.3, -0.25) is 4.98 Å². The summed E-state index contributed by atoms with van der Waals surface area (Å²) in [5.74, 6) is 2.12. The second kappa shape index (κ2) is 5.77. The van der Waals surface area contributed by atoms with Crippen LogP contribution >= 0.6 is 11.3 Å². The van der Waals surface area contributed by atoms with Crippen LogP contribution in [-0.2, 0) is 12.8 Å². The quantitative estimate of drug-likeness (QED) is 0.503. The van der Waals surface area contributed by atoms with Crippen molar-refractivity contribution in [1.29, 1.82) is 0 Å². The Bertz CT molecular complexity index is 1080. The van der Waals surface area contributed by atoms with E-state index in [2.05, 4.69) is 21.9 Å². The molecule has 1 atom stereocenters. The minimum Gasteiger partial charge on any atom is -0.436 e. The van der Waals surface area contributed by atoms with Crippen LogP contribution in [0.15, 0.2) is 42.9 Å². The molecule has 0 saturated carbocycles. The number of aromatic nitrogens is 3. The van der Waals surface area contributed by atoms with Gasteiger partial charge < -0.3 is 4.74 Å². The Morgan fingerprint density at radius 3 is 3.00 bits per heavy atom. The predicted molar refractivity (Wildman–Crippen MR) is 100 cm³/mol. The fourth-order valence-electron chi connectivity index (χ4n) is 3.59. The van der Waals surface area contributed by atoms with Crippen molar-refractivity contribution in [3.8, 4) is 11.6 Å². The molecule has 1 aromatic carbocycles. The number of thiophene rings is 1. The molecule has 0 N–H and O–H groups in total. The van der Waals surface area contributed by atoms with Gasteiger partial charge in [-0.2, -0.15) is 0 Å². The highest BCUT2D eigenvalue weighted by Gasteiger charge is 2.24. The van der Waals surface area contributed by atoms with Crippen LogP contribution in [0.3, 0.4) is 0 Å². The van der Waals surface area contributed by atoms with Gasteiger partial charge in [-0.1, -0.05) is 25.1 Å². The lowest BCUT2D eigenvalue weighted by molar-refractivity contribution is 0.470. The molecule has 4 nitrogen and oxygen atoms in total. The third-order valence-electron chi connectivity index (χ3n) is 4.86. The second-order valence-corrected chi connectivity index (χ2v) is 7.73. The number of aryl methyl sites for hydroxylation is 1. The molecule has 25 heavy (non-hydrogen) atoms. The molecule has 5 heteroatoms. The van der Waals surface area contributed by atoms with E-state index in [0.29, 0.717) is 5.88 Å². The van der Waals surface area contributed by atoms with E-state index in [1.807, 2.05) is 30.3 Å². The van der Waals surface area contributed by atoms with Gasteiger partial charge in [0.1, 0.15) is 16.7 Å². The van der Waals surface area contributed by atoms with Crippen molar-refractivity contribution in [2.45, 2.75) is 26.2 Å². The maximum Gasteiger partial charge on any atom is 0.231 e. The number of benzene rings is 1. The molecule has 3 heterocycles. The average Bonchev–Trinajstić information content (AvgIpc) is 3.00. The van der Waals surface area contributed by atoms with Gasteiger partial charge in [-0.05, 0) is 42.9 Å². The summed E-state index contributed by atoms with van der Waals surface area (Å²) in [6.45, 7) is 2.32. The first-order chi connectivity index (χ1) is 12.3. The predicted octanol–water partition coefficient (Wildman–Crippen LogP) is 5.16. The third-order valence-corrected chi connectivity index (χ3v) is 6.02. The first kappa shape index (κ1) is 14.8. The van der Waals surface area contributed by atoms with E-state index in [4.69, 9.17) is 4.74 Å². The van der Waals surface area contributed by atoms with Crippen LogP contribution in [0.25, 0.3) is 21.1 Å². The van der Waals surface area contributed by atoms with Crippen molar-refractivity contribution in [2.75, 3.05) is 0 Å². The first-order valence-electron chi connectivity index (χ1n) is 8.56. The molecule has 0 bridgehead atoms. The molecule has 0 unspecified atom stereocenters. The summed E-state index contributed by atoms with van der Waals surface area (Å²) < 4.78 is 6.25. The Labute approximate surface area is 149 Å². The van der Waals surface area contributed by atoms with Gasteiger partial charge in [0.05, 0.1) is 5.39 Å². The van der Waals surface area contributed by atoms with E-state index in [-0.39, 0.29) is 0 Å². The zero-order valence-electron chi connectivity index (χ0n) is 13.9. The van der Waals surface area contributed by atoms with E-state index in [0.717, 1.165) is 45.6 Å². The zero-order chi connectivity index (χ0) is 16.8. The fraction of sp³-hybridized carbons (Fsp3) is 0.250. The molecular weight excluding hydrogens is 330 g/mol. The Morgan fingerprint density at radius 2 is 2.04 bits per heavy atom. The Morgan fingerprint density at radius 1 is 1.12 bits per heavy atom. The molecule has 0 amide bonds. The van der Waals surface area contributed by atoms with Gasteiger partial charge in [0, 0.05) is 16.5 Å². The van der Waals surface area contributed by atoms with Crippen molar-refractivity contribution in [1.82, 2.24) is 15.0 Å². The molecule has 3 aromatic heterocycles. The Hall–Kier alpha value is -2.53. The lowest BCUT2D eigenvalue weighted by Gasteiger charge is -2.18. The topological polar surface area (TPSA) is 47.9 Å². The first-order valence-corrected chi connectivity index (χ1v) is 9.38. The largest absolute Gasteiger partial charge is 0.436 e. The van der Waals surface area contributed by atoms with Crippen molar-refractivity contribution >= 4 is 32.5 Å². The summed E-state index contributed by atoms with van der Waals surface area (Å²) in [7, 11) is 0. The van der Waals surface area contributed by atoms with Crippen LogP contribution < -0.4 is 4.74 Å². The number of fused-ring (bicyclic) bond motifs is 4. The second-order valence-electron chi connectivity index (χ2n) is 6.64. The summed E-state index contributed by atoms with van der Waals surface area (Å²) >= 11 is 1.79. The molecule has 0 aliphatic heterocycles. The molecule has 1 aliphatic rings. The highest BCUT2D eigenvalue weighted by molar-refractivity contribution is 7.18. The number of ether oxygens (including phenoxy) is 1. The average molecular weight is 347 g/mol. The number of nitrogens with zero attached hydrogens (tertiary/aromatic N) is 3. The van der Waals surface area contributed by atoms with Crippen LogP contribution in [0.5, 0.6) is 11.6 Å². The normalized spacial score (nSPS) is 16.9. The van der Waals surface area contributed by atoms with Crippen molar-refractivity contribution < 1.29 is 4.74 Å². The van der Waals surface area contributed by atoms with Gasteiger partial charge >= 0.3 is 0 Å². The van der Waals surface area contributed by atoms with E-state index in [1.54, 1.807) is 23.9 Å². The number of hydrogen-bond acceptors (Lipinski definition) is 5. The summed E-state index contributed by atoms with van der Waals surface area (Å²) in [5, 5.41) is 2.15. The van der Waals surface area contributed by atoms with Crippen LogP contribution in [0.4, 0.5) is 0 Å². The maximum atomic E-state index is 6.25. The van der Waals surface area contributed by atoms with E-state index in [9.17, 15) is 0 Å². The van der Waals surface area contributed by atoms with Crippen LogP contribution in [0.2, 0.25) is 0 Å². The SMILES string of the molecule is C[C@H]1CCc2c(sc3ncnc(Oc4cccc5cccnc45)c23)C1. The summed E-state index contributed by atoms with van der Waals surface area (Å²) in [5.41, 5.74) is 2.23. The Balaban J connectivity index is 1.66. The summed E-state index contributed by atoms with van der Waals surface area (Å²) in [6, 6.07) is 9.95. The molecule has 124 valence electrons. The molecule has 0 saturated heterocycles. The van der Waals surface area contributed by atoms with Crippen molar-refractivity contribution in [2.24, 2.45) is 5.92 Å². The molecule has 5 rings (SSSR count). The zero-order valence-corrected chi connectivity index (χ0v) is 14.7. The number of hydrogen-bond donors (Lipinski definition) is 0. The van der Waals surface area contributed by atoms with Crippen LogP contribution in [0, 0.1) is 5.92 Å². The number of para-hydroxylation sites is 1. The van der Waals surface area contributed by atoms with E-state index >= 15 is 0 Å². The third kappa shape index (κ3) is 2.46. The van der Waals surface area contributed by atoms with E-state index in [1.165, 1.54) is 16.9 Å². The molecule has 4 aromatic rings. The lowest BCUT2D eigenvalue weighted by atomic mass is 9.89. The highest BCUT2D eigenvalue weighted by atomic mass is 32.1. The molecular formula is C20H17N3OS. The standard InChI is InChI=1S/C20H17N3OS/c1-12-7-8-14-16(10-12)25-20-17(14)19(22-11-23-20)24-15-6-2-4-13-5-3-9-21-18(13)15/h2-6,9,11-12H,7-8,10H2,1H3/t12-/m0/s1. The molecule has 0 spiro atoms.